The van der Waals surface area contributed by atoms with E-state index in [0.717, 1.165) is 38.6 Å². The fourth-order valence-corrected chi connectivity index (χ4v) is 3.48. The van der Waals surface area contributed by atoms with Crippen LogP contribution in [0.15, 0.2) is 47.6 Å². The predicted molar refractivity (Wildman–Crippen MR) is 102 cm³/mol. The summed E-state index contributed by atoms with van der Waals surface area (Å²) < 4.78 is 7.90. The molecule has 0 saturated carbocycles. The number of aromatic nitrogens is 3. The number of ether oxygens (including phenoxy) is 1. The smallest absolute Gasteiger partial charge is 0.191 e. The molecule has 3 rings (SSSR count). The second-order valence-corrected chi connectivity index (χ2v) is 7.24. The first-order valence-electron chi connectivity index (χ1n) is 7.99. The molecule has 0 unspecified atom stereocenters. The molecule has 0 N–H and O–H groups in total. The number of halogens is 1. The molecule has 0 saturated heterocycles. The van der Waals surface area contributed by atoms with E-state index in [2.05, 4.69) is 36.2 Å². The summed E-state index contributed by atoms with van der Waals surface area (Å²) in [4.78, 5) is 0. The highest BCUT2D eigenvalue weighted by Crippen LogP contribution is 2.24. The lowest BCUT2D eigenvalue weighted by atomic mass is 10.1. The zero-order valence-electron chi connectivity index (χ0n) is 14.5. The van der Waals surface area contributed by atoms with Crippen molar-refractivity contribution in [1.82, 2.24) is 14.8 Å². The molecular weight excluding hydrogens is 354 g/mol. The minimum Gasteiger partial charge on any atom is -0.485 e. The molecule has 1 heterocycles. The van der Waals surface area contributed by atoms with Crippen molar-refractivity contribution in [3.63, 3.8) is 0 Å². The normalized spacial score (nSPS) is 10.9. The van der Waals surface area contributed by atoms with Crippen LogP contribution in [0.4, 0.5) is 0 Å². The van der Waals surface area contributed by atoms with Gasteiger partial charge in [0.05, 0.1) is 0 Å². The molecule has 0 aliphatic carbocycles. The number of rotatable bonds is 6. The van der Waals surface area contributed by atoms with Crippen LogP contribution in [-0.2, 0) is 19.4 Å². The maximum atomic E-state index is 6.03. The highest BCUT2D eigenvalue weighted by molar-refractivity contribution is 7.98. The van der Waals surface area contributed by atoms with E-state index in [1.165, 1.54) is 5.56 Å². The average molecular weight is 374 g/mol. The molecule has 6 heteroatoms. The van der Waals surface area contributed by atoms with Gasteiger partial charge in [0.25, 0.3) is 0 Å². The third-order valence-corrected chi connectivity index (χ3v) is 5.42. The van der Waals surface area contributed by atoms with E-state index < -0.39 is 0 Å². The Kier molecular flexibility index (Phi) is 5.66. The molecule has 0 bridgehead atoms. The standard InChI is InChI=1S/C19H20ClN3OS/c1-13-6-4-9-17(14(13)2)24-11-18-21-22-19(23(18)3)25-12-15-7-5-8-16(20)10-15/h4-10H,11-12H2,1-3H3. The van der Waals surface area contributed by atoms with Crippen LogP contribution in [0.25, 0.3) is 0 Å². The summed E-state index contributed by atoms with van der Waals surface area (Å²) in [6.07, 6.45) is 0. The van der Waals surface area contributed by atoms with Crippen molar-refractivity contribution in [2.45, 2.75) is 31.4 Å². The lowest BCUT2D eigenvalue weighted by Gasteiger charge is -2.10. The topological polar surface area (TPSA) is 39.9 Å². The van der Waals surface area contributed by atoms with Gasteiger partial charge in [0.2, 0.25) is 0 Å². The fourth-order valence-electron chi connectivity index (χ4n) is 2.39. The number of benzene rings is 2. The van der Waals surface area contributed by atoms with Gasteiger partial charge in [0, 0.05) is 17.8 Å². The van der Waals surface area contributed by atoms with Crippen LogP contribution in [0, 0.1) is 13.8 Å². The number of thioether (sulfide) groups is 1. The summed E-state index contributed by atoms with van der Waals surface area (Å²) in [5.74, 6) is 2.48. The molecule has 3 aromatic rings. The average Bonchev–Trinajstić information content (AvgIpc) is 2.94. The number of aryl methyl sites for hydroxylation is 1. The van der Waals surface area contributed by atoms with Crippen molar-refractivity contribution in [3.8, 4) is 5.75 Å². The van der Waals surface area contributed by atoms with Crippen molar-refractivity contribution in [2.24, 2.45) is 7.05 Å². The van der Waals surface area contributed by atoms with E-state index in [1.807, 2.05) is 41.9 Å². The highest BCUT2D eigenvalue weighted by Gasteiger charge is 2.11. The van der Waals surface area contributed by atoms with Crippen LogP contribution in [0.1, 0.15) is 22.5 Å². The quantitative estimate of drug-likeness (QED) is 0.573. The lowest BCUT2D eigenvalue weighted by molar-refractivity contribution is 0.288. The van der Waals surface area contributed by atoms with Crippen molar-refractivity contribution in [3.05, 3.63) is 70.0 Å². The van der Waals surface area contributed by atoms with Gasteiger partial charge in [-0.25, -0.2) is 0 Å². The Morgan fingerprint density at radius 3 is 2.72 bits per heavy atom. The Morgan fingerprint density at radius 2 is 1.92 bits per heavy atom. The fraction of sp³-hybridized carbons (Fsp3) is 0.263. The largest absolute Gasteiger partial charge is 0.485 e. The summed E-state index contributed by atoms with van der Waals surface area (Å²) in [7, 11) is 1.96. The van der Waals surface area contributed by atoms with Crippen LogP contribution in [0.3, 0.4) is 0 Å². The van der Waals surface area contributed by atoms with Crippen LogP contribution >= 0.6 is 23.4 Å². The zero-order chi connectivity index (χ0) is 17.8. The summed E-state index contributed by atoms with van der Waals surface area (Å²) >= 11 is 7.66. The molecule has 0 amide bonds. The van der Waals surface area contributed by atoms with Gasteiger partial charge in [-0.1, -0.05) is 47.6 Å². The number of hydrogen-bond acceptors (Lipinski definition) is 4. The molecule has 0 spiro atoms. The maximum Gasteiger partial charge on any atom is 0.191 e. The second kappa shape index (κ2) is 7.93. The maximum absolute atomic E-state index is 6.03. The van der Waals surface area contributed by atoms with Crippen LogP contribution in [-0.4, -0.2) is 14.8 Å². The Labute approximate surface area is 157 Å². The highest BCUT2D eigenvalue weighted by atomic mass is 35.5. The van der Waals surface area contributed by atoms with Gasteiger partial charge < -0.3 is 9.30 Å². The SMILES string of the molecule is Cc1cccc(OCc2nnc(SCc3cccc(Cl)c3)n2C)c1C. The number of nitrogens with zero attached hydrogens (tertiary/aromatic N) is 3. The summed E-state index contributed by atoms with van der Waals surface area (Å²) in [5.41, 5.74) is 3.53. The summed E-state index contributed by atoms with van der Waals surface area (Å²) in [5, 5.41) is 10.1. The minimum atomic E-state index is 0.394. The number of hydrogen-bond donors (Lipinski definition) is 0. The molecule has 0 aliphatic heterocycles. The van der Waals surface area contributed by atoms with E-state index in [0.29, 0.717) is 6.61 Å². The van der Waals surface area contributed by atoms with Gasteiger partial charge >= 0.3 is 0 Å². The predicted octanol–water partition coefficient (Wildman–Crippen LogP) is 4.96. The minimum absolute atomic E-state index is 0.394. The Morgan fingerprint density at radius 1 is 1.12 bits per heavy atom. The summed E-state index contributed by atoms with van der Waals surface area (Å²) in [6, 6.07) is 13.9. The van der Waals surface area contributed by atoms with Crippen molar-refractivity contribution >= 4 is 23.4 Å². The zero-order valence-corrected chi connectivity index (χ0v) is 16.1. The first-order valence-corrected chi connectivity index (χ1v) is 9.35. The van der Waals surface area contributed by atoms with Crippen LogP contribution < -0.4 is 4.74 Å². The Balaban J connectivity index is 1.64. The third-order valence-electron chi connectivity index (χ3n) is 4.09. The van der Waals surface area contributed by atoms with E-state index >= 15 is 0 Å². The van der Waals surface area contributed by atoms with Gasteiger partial charge in [0.1, 0.15) is 12.4 Å². The molecule has 0 radical (unpaired) electrons. The second-order valence-electron chi connectivity index (χ2n) is 5.86. The molecule has 130 valence electrons. The van der Waals surface area contributed by atoms with Gasteiger partial charge in [0.15, 0.2) is 11.0 Å². The van der Waals surface area contributed by atoms with Gasteiger partial charge in [-0.2, -0.15) is 0 Å². The molecule has 0 atom stereocenters. The van der Waals surface area contributed by atoms with E-state index in [1.54, 1.807) is 11.8 Å². The molecule has 4 nitrogen and oxygen atoms in total. The van der Waals surface area contributed by atoms with Crippen molar-refractivity contribution in [1.29, 1.82) is 0 Å². The van der Waals surface area contributed by atoms with Crippen molar-refractivity contribution in [2.75, 3.05) is 0 Å². The van der Waals surface area contributed by atoms with Gasteiger partial charge in [-0.15, -0.1) is 10.2 Å². The first kappa shape index (κ1) is 17.8. The third kappa shape index (κ3) is 4.35. The van der Waals surface area contributed by atoms with Gasteiger partial charge in [-0.05, 0) is 48.7 Å². The van der Waals surface area contributed by atoms with E-state index in [4.69, 9.17) is 16.3 Å². The molecule has 0 fully saturated rings. The molecule has 2 aromatic carbocycles. The van der Waals surface area contributed by atoms with E-state index in [9.17, 15) is 0 Å². The molecule has 25 heavy (non-hydrogen) atoms. The Hall–Kier alpha value is -1.98. The van der Waals surface area contributed by atoms with Crippen molar-refractivity contribution < 1.29 is 4.74 Å². The van der Waals surface area contributed by atoms with Crippen LogP contribution in [0.2, 0.25) is 5.02 Å². The van der Waals surface area contributed by atoms with Crippen LogP contribution in [0.5, 0.6) is 5.75 Å². The first-order chi connectivity index (χ1) is 12.0. The van der Waals surface area contributed by atoms with Gasteiger partial charge in [-0.3, -0.25) is 0 Å². The Bertz CT molecular complexity index is 879. The monoisotopic (exact) mass is 373 g/mol. The molecular formula is C19H20ClN3OS. The lowest BCUT2D eigenvalue weighted by Crippen LogP contribution is -2.05. The van der Waals surface area contributed by atoms with E-state index in [-0.39, 0.29) is 0 Å². The molecule has 0 aliphatic rings. The summed E-state index contributed by atoms with van der Waals surface area (Å²) in [6.45, 7) is 4.54. The molecule has 1 aromatic heterocycles.